The van der Waals surface area contributed by atoms with Gasteiger partial charge in [0.05, 0.1) is 5.69 Å². The van der Waals surface area contributed by atoms with Crippen LogP contribution in [-0.4, -0.2) is 24.6 Å². The molecule has 4 rings (SSSR count). The zero-order valence-corrected chi connectivity index (χ0v) is 12.4. The van der Waals surface area contributed by atoms with E-state index in [0.717, 1.165) is 19.5 Å². The van der Waals surface area contributed by atoms with Crippen LogP contribution in [0.5, 0.6) is 0 Å². The van der Waals surface area contributed by atoms with E-state index in [2.05, 4.69) is 10.2 Å². The van der Waals surface area contributed by atoms with Gasteiger partial charge in [-0.3, -0.25) is 0 Å². The fourth-order valence-electron chi connectivity index (χ4n) is 3.94. The number of anilines is 1. The molecule has 2 fully saturated rings. The molecule has 1 spiro atoms. The Kier molecular flexibility index (Phi) is 3.03. The van der Waals surface area contributed by atoms with E-state index in [1.165, 1.54) is 67.3 Å². The number of aromatic nitrogens is 1. The summed E-state index contributed by atoms with van der Waals surface area (Å²) in [5.41, 5.74) is 2.02. The lowest BCUT2D eigenvalue weighted by Gasteiger charge is -2.50. The number of hydrogen-bond donors (Lipinski definition) is 1. The summed E-state index contributed by atoms with van der Waals surface area (Å²) in [6.45, 7) is 4.67. The van der Waals surface area contributed by atoms with Gasteiger partial charge in [-0.25, -0.2) is 4.98 Å². The van der Waals surface area contributed by atoms with Crippen molar-refractivity contribution in [3.05, 3.63) is 10.6 Å². The second-order valence-electron chi connectivity index (χ2n) is 6.56. The van der Waals surface area contributed by atoms with Crippen LogP contribution in [0.25, 0.3) is 0 Å². The first-order valence-electron chi connectivity index (χ1n) is 7.79. The second kappa shape index (κ2) is 4.74. The maximum absolute atomic E-state index is 4.88. The predicted molar refractivity (Wildman–Crippen MR) is 79.9 cm³/mol. The second-order valence-corrected chi connectivity index (χ2v) is 7.63. The lowest BCUT2D eigenvalue weighted by molar-refractivity contribution is 0.180. The zero-order valence-electron chi connectivity index (χ0n) is 11.6. The van der Waals surface area contributed by atoms with Crippen molar-refractivity contribution in [1.29, 1.82) is 0 Å². The van der Waals surface area contributed by atoms with Gasteiger partial charge in [0.25, 0.3) is 0 Å². The first-order valence-corrected chi connectivity index (χ1v) is 8.61. The van der Waals surface area contributed by atoms with Gasteiger partial charge in [-0.15, -0.1) is 11.3 Å². The molecular weight excluding hydrogens is 254 g/mol. The third-order valence-electron chi connectivity index (χ3n) is 5.08. The Labute approximate surface area is 119 Å². The van der Waals surface area contributed by atoms with Crippen LogP contribution >= 0.6 is 11.3 Å². The van der Waals surface area contributed by atoms with Crippen LogP contribution in [-0.2, 0) is 13.0 Å². The molecule has 0 aromatic carbocycles. The first-order chi connectivity index (χ1) is 9.35. The summed E-state index contributed by atoms with van der Waals surface area (Å²) >= 11 is 1.92. The van der Waals surface area contributed by atoms with Crippen LogP contribution in [0.3, 0.4) is 0 Å². The van der Waals surface area contributed by atoms with E-state index in [1.54, 1.807) is 0 Å². The van der Waals surface area contributed by atoms with E-state index >= 15 is 0 Å². The van der Waals surface area contributed by atoms with Crippen LogP contribution in [0.15, 0.2) is 0 Å². The highest BCUT2D eigenvalue weighted by Crippen LogP contribution is 2.45. The summed E-state index contributed by atoms with van der Waals surface area (Å²) < 4.78 is 0. The van der Waals surface area contributed by atoms with Gasteiger partial charge < -0.3 is 10.2 Å². The van der Waals surface area contributed by atoms with Crippen LogP contribution in [0.2, 0.25) is 0 Å². The maximum atomic E-state index is 4.88. The van der Waals surface area contributed by atoms with Crippen LogP contribution in [0.4, 0.5) is 5.13 Å². The normalized spacial score (nSPS) is 25.8. The van der Waals surface area contributed by atoms with E-state index < -0.39 is 0 Å². The molecule has 1 aromatic heterocycles. The minimum atomic E-state index is 0.654. The summed E-state index contributed by atoms with van der Waals surface area (Å²) in [5.74, 6) is 0. The number of nitrogens with one attached hydrogen (secondary N) is 1. The molecule has 4 heteroatoms. The lowest BCUT2D eigenvalue weighted by Crippen LogP contribution is -2.56. The molecule has 1 aliphatic carbocycles. The highest BCUT2D eigenvalue weighted by atomic mass is 32.1. The number of nitrogens with zero attached hydrogens (tertiary/aromatic N) is 2. The first kappa shape index (κ1) is 12.2. The molecule has 3 nitrogen and oxygen atoms in total. The van der Waals surface area contributed by atoms with Crippen molar-refractivity contribution < 1.29 is 0 Å². The van der Waals surface area contributed by atoms with Crippen molar-refractivity contribution >= 4 is 16.5 Å². The van der Waals surface area contributed by atoms with Gasteiger partial charge in [0.2, 0.25) is 0 Å². The van der Waals surface area contributed by atoms with Crippen LogP contribution in [0, 0.1) is 5.41 Å². The Balaban J connectivity index is 1.46. The van der Waals surface area contributed by atoms with Crippen LogP contribution < -0.4 is 10.2 Å². The minimum Gasteiger partial charge on any atom is -0.347 e. The number of fused-ring (bicyclic) bond motifs is 1. The summed E-state index contributed by atoms with van der Waals surface area (Å²) in [7, 11) is 0. The summed E-state index contributed by atoms with van der Waals surface area (Å²) in [4.78, 5) is 8.89. The molecule has 3 heterocycles. The largest absolute Gasteiger partial charge is 0.347 e. The molecule has 0 unspecified atom stereocenters. The highest BCUT2D eigenvalue weighted by Gasteiger charge is 2.43. The van der Waals surface area contributed by atoms with E-state index in [9.17, 15) is 0 Å². The van der Waals surface area contributed by atoms with E-state index in [1.807, 2.05) is 11.3 Å². The molecule has 104 valence electrons. The molecule has 0 amide bonds. The van der Waals surface area contributed by atoms with Crippen LogP contribution in [0.1, 0.15) is 49.1 Å². The molecule has 3 aliphatic rings. The quantitative estimate of drug-likeness (QED) is 0.855. The molecule has 1 aromatic rings. The molecule has 1 saturated heterocycles. The smallest absolute Gasteiger partial charge is 0.185 e. The molecule has 0 radical (unpaired) electrons. The van der Waals surface area contributed by atoms with E-state index in [-0.39, 0.29) is 0 Å². The highest BCUT2D eigenvalue weighted by molar-refractivity contribution is 7.15. The van der Waals surface area contributed by atoms with E-state index in [4.69, 9.17) is 4.98 Å². The lowest BCUT2D eigenvalue weighted by atomic mass is 9.74. The number of thiazole rings is 1. The van der Waals surface area contributed by atoms with Crippen molar-refractivity contribution in [3.63, 3.8) is 0 Å². The molecule has 2 aliphatic heterocycles. The standard InChI is InChI=1S/C15H23N3S/c1-2-4-7-15(6-3-1)10-18(11-15)14-17-12-5-8-16-9-13(12)19-14/h16H,1-11H2. The van der Waals surface area contributed by atoms with Gasteiger partial charge in [0, 0.05) is 42.9 Å². The van der Waals surface area contributed by atoms with Gasteiger partial charge >= 0.3 is 0 Å². The van der Waals surface area contributed by atoms with Crippen molar-refractivity contribution in [2.75, 3.05) is 24.5 Å². The fraction of sp³-hybridized carbons (Fsp3) is 0.800. The fourth-order valence-corrected chi connectivity index (χ4v) is 5.01. The van der Waals surface area contributed by atoms with Crippen molar-refractivity contribution in [3.8, 4) is 0 Å². The average molecular weight is 277 g/mol. The average Bonchev–Trinajstić information content (AvgIpc) is 2.65. The molecule has 19 heavy (non-hydrogen) atoms. The molecule has 0 atom stereocenters. The van der Waals surface area contributed by atoms with Gasteiger partial charge in [0.15, 0.2) is 5.13 Å². The zero-order chi connectivity index (χ0) is 12.7. The van der Waals surface area contributed by atoms with Crippen molar-refractivity contribution in [2.24, 2.45) is 5.41 Å². The Morgan fingerprint density at radius 3 is 2.63 bits per heavy atom. The number of hydrogen-bond acceptors (Lipinski definition) is 4. The summed E-state index contributed by atoms with van der Waals surface area (Å²) in [5, 5.41) is 4.74. The monoisotopic (exact) mass is 277 g/mol. The maximum Gasteiger partial charge on any atom is 0.185 e. The van der Waals surface area contributed by atoms with Gasteiger partial charge in [-0.1, -0.05) is 25.7 Å². The Bertz CT molecular complexity index is 428. The third-order valence-corrected chi connectivity index (χ3v) is 6.24. The molecule has 0 bridgehead atoms. The van der Waals surface area contributed by atoms with Crippen molar-refractivity contribution in [1.82, 2.24) is 10.3 Å². The Hall–Kier alpha value is -0.610. The SMILES string of the molecule is C1CCCC2(CC1)CN(c1nc3c(s1)CNCC3)C2. The predicted octanol–water partition coefficient (Wildman–Crippen LogP) is 2.95. The molecule has 1 N–H and O–H groups in total. The Morgan fingerprint density at radius 1 is 1.11 bits per heavy atom. The Morgan fingerprint density at radius 2 is 1.89 bits per heavy atom. The third kappa shape index (κ3) is 2.19. The van der Waals surface area contributed by atoms with Gasteiger partial charge in [-0.05, 0) is 12.8 Å². The van der Waals surface area contributed by atoms with E-state index in [0.29, 0.717) is 5.41 Å². The number of rotatable bonds is 1. The van der Waals surface area contributed by atoms with Gasteiger partial charge in [-0.2, -0.15) is 0 Å². The van der Waals surface area contributed by atoms with Crippen molar-refractivity contribution in [2.45, 2.75) is 51.5 Å². The molecule has 1 saturated carbocycles. The molecular formula is C15H23N3S. The minimum absolute atomic E-state index is 0.654. The summed E-state index contributed by atoms with van der Waals surface area (Å²) in [6.07, 6.45) is 9.84. The summed E-state index contributed by atoms with van der Waals surface area (Å²) in [6, 6.07) is 0. The topological polar surface area (TPSA) is 28.2 Å². The van der Waals surface area contributed by atoms with Gasteiger partial charge in [0.1, 0.15) is 0 Å².